The Morgan fingerprint density at radius 3 is 1.95 bits per heavy atom. The van der Waals surface area contributed by atoms with Gasteiger partial charge in [0.2, 0.25) is 5.91 Å². The van der Waals surface area contributed by atoms with Crippen LogP contribution in [0, 0.1) is 0 Å². The fraction of sp³-hybridized carbons (Fsp3) is 0.692. The molecule has 4 N–H and O–H groups in total. The standard InChI is InChI=1S/C13H22N2O7/c1-15(2)9(13(21)22)5-3-4-8(12(19)20)14-10(16)6-7-11(17)18/h8-9H,3-7H2,1-2H3,(H,14,16)(H,17,18)(H,19,20)(H,21,22)/t8-,9-/m0/s1. The smallest absolute Gasteiger partial charge is 0.326 e. The minimum atomic E-state index is -1.24. The lowest BCUT2D eigenvalue weighted by Crippen LogP contribution is -2.41. The molecule has 0 spiro atoms. The quantitative estimate of drug-likeness (QED) is 0.403. The maximum Gasteiger partial charge on any atom is 0.326 e. The van der Waals surface area contributed by atoms with Crippen LogP contribution in [0.25, 0.3) is 0 Å². The van der Waals surface area contributed by atoms with Gasteiger partial charge in [-0.25, -0.2) is 4.79 Å². The zero-order valence-electron chi connectivity index (χ0n) is 12.6. The number of carboxylic acids is 3. The molecule has 0 aromatic carbocycles. The average molecular weight is 318 g/mol. The van der Waals surface area contributed by atoms with Gasteiger partial charge in [-0.15, -0.1) is 0 Å². The molecule has 22 heavy (non-hydrogen) atoms. The first kappa shape index (κ1) is 19.8. The van der Waals surface area contributed by atoms with Gasteiger partial charge in [-0.2, -0.15) is 0 Å². The molecule has 9 nitrogen and oxygen atoms in total. The highest BCUT2D eigenvalue weighted by Crippen LogP contribution is 2.09. The van der Waals surface area contributed by atoms with Gasteiger partial charge in [-0.3, -0.25) is 19.3 Å². The summed E-state index contributed by atoms with van der Waals surface area (Å²) in [6, 6.07) is -1.88. The summed E-state index contributed by atoms with van der Waals surface area (Å²) in [5.74, 6) is -4.03. The van der Waals surface area contributed by atoms with Crippen LogP contribution in [-0.2, 0) is 19.2 Å². The van der Waals surface area contributed by atoms with E-state index >= 15 is 0 Å². The molecule has 0 aromatic rings. The summed E-state index contributed by atoms with van der Waals surface area (Å²) in [7, 11) is 3.22. The highest BCUT2D eigenvalue weighted by molar-refractivity contribution is 5.85. The summed E-state index contributed by atoms with van der Waals surface area (Å²) >= 11 is 0. The van der Waals surface area contributed by atoms with Crippen molar-refractivity contribution in [2.24, 2.45) is 0 Å². The highest BCUT2D eigenvalue weighted by atomic mass is 16.4. The second-order valence-electron chi connectivity index (χ2n) is 5.10. The van der Waals surface area contributed by atoms with Crippen LogP contribution in [0.1, 0.15) is 32.1 Å². The summed E-state index contributed by atoms with van der Waals surface area (Å²) < 4.78 is 0. The Morgan fingerprint density at radius 2 is 1.55 bits per heavy atom. The van der Waals surface area contributed by atoms with Gasteiger partial charge >= 0.3 is 17.9 Å². The van der Waals surface area contributed by atoms with Crippen molar-refractivity contribution in [2.45, 2.75) is 44.2 Å². The molecule has 2 atom stereocenters. The number of hydrogen-bond acceptors (Lipinski definition) is 5. The molecule has 0 unspecified atom stereocenters. The van der Waals surface area contributed by atoms with E-state index in [2.05, 4.69) is 5.32 Å². The van der Waals surface area contributed by atoms with Crippen molar-refractivity contribution in [3.05, 3.63) is 0 Å². The van der Waals surface area contributed by atoms with Gasteiger partial charge in [0.1, 0.15) is 12.1 Å². The van der Waals surface area contributed by atoms with E-state index in [1.54, 1.807) is 14.1 Å². The maximum atomic E-state index is 11.4. The lowest BCUT2D eigenvalue weighted by atomic mass is 10.0. The summed E-state index contributed by atoms with van der Waals surface area (Å²) in [4.78, 5) is 45.3. The van der Waals surface area contributed by atoms with E-state index in [-0.39, 0.29) is 25.7 Å². The molecular weight excluding hydrogens is 296 g/mol. The third-order valence-corrected chi connectivity index (χ3v) is 3.08. The zero-order chi connectivity index (χ0) is 17.3. The van der Waals surface area contributed by atoms with Gasteiger partial charge in [0.05, 0.1) is 6.42 Å². The third-order valence-electron chi connectivity index (χ3n) is 3.08. The molecule has 0 rings (SSSR count). The lowest BCUT2D eigenvalue weighted by Gasteiger charge is -2.21. The van der Waals surface area contributed by atoms with Crippen molar-refractivity contribution in [1.29, 1.82) is 0 Å². The molecule has 0 fully saturated rings. The van der Waals surface area contributed by atoms with E-state index in [1.165, 1.54) is 4.90 Å². The van der Waals surface area contributed by atoms with E-state index in [9.17, 15) is 19.2 Å². The van der Waals surface area contributed by atoms with Crippen LogP contribution in [0.2, 0.25) is 0 Å². The zero-order valence-corrected chi connectivity index (χ0v) is 12.6. The molecule has 126 valence electrons. The van der Waals surface area contributed by atoms with Crippen molar-refractivity contribution >= 4 is 23.8 Å². The van der Waals surface area contributed by atoms with E-state index in [0.717, 1.165) is 0 Å². The molecule has 9 heteroatoms. The summed E-state index contributed by atoms with van der Waals surface area (Å²) in [6.45, 7) is 0. The molecular formula is C13H22N2O7. The van der Waals surface area contributed by atoms with Crippen molar-refractivity contribution in [1.82, 2.24) is 10.2 Å². The van der Waals surface area contributed by atoms with E-state index in [0.29, 0.717) is 6.42 Å². The van der Waals surface area contributed by atoms with Crippen LogP contribution in [0.4, 0.5) is 0 Å². The normalized spacial score (nSPS) is 13.4. The fourth-order valence-electron chi connectivity index (χ4n) is 1.86. The fourth-order valence-corrected chi connectivity index (χ4v) is 1.86. The summed E-state index contributed by atoms with van der Waals surface area (Å²) in [5, 5.41) is 28.7. The largest absolute Gasteiger partial charge is 0.481 e. The second-order valence-corrected chi connectivity index (χ2v) is 5.10. The number of nitrogens with zero attached hydrogens (tertiary/aromatic N) is 1. The number of amides is 1. The molecule has 0 radical (unpaired) electrons. The van der Waals surface area contributed by atoms with Crippen molar-refractivity contribution in [3.63, 3.8) is 0 Å². The van der Waals surface area contributed by atoms with Gasteiger partial charge in [-0.1, -0.05) is 0 Å². The highest BCUT2D eigenvalue weighted by Gasteiger charge is 2.23. The Kier molecular flexibility index (Phi) is 8.76. The number of carbonyl (C=O) groups excluding carboxylic acids is 1. The monoisotopic (exact) mass is 318 g/mol. The van der Waals surface area contributed by atoms with Gasteiger partial charge in [0.25, 0.3) is 0 Å². The van der Waals surface area contributed by atoms with Crippen molar-refractivity contribution in [3.8, 4) is 0 Å². The molecule has 0 aliphatic rings. The Morgan fingerprint density at radius 1 is 0.955 bits per heavy atom. The topological polar surface area (TPSA) is 144 Å². The van der Waals surface area contributed by atoms with Gasteiger partial charge in [0.15, 0.2) is 0 Å². The lowest BCUT2D eigenvalue weighted by molar-refractivity contribution is -0.142. The third kappa shape index (κ3) is 8.20. The maximum absolute atomic E-state index is 11.4. The van der Waals surface area contributed by atoms with Crippen molar-refractivity contribution < 1.29 is 34.5 Å². The molecule has 0 saturated carbocycles. The van der Waals surface area contributed by atoms with E-state index < -0.39 is 35.9 Å². The number of carbonyl (C=O) groups is 4. The Balaban J connectivity index is 4.36. The molecule has 0 aliphatic carbocycles. The molecule has 0 aliphatic heterocycles. The SMILES string of the molecule is CN(C)[C@@H](CCC[C@H](NC(=O)CCC(=O)O)C(=O)O)C(=O)O. The minimum Gasteiger partial charge on any atom is -0.481 e. The average Bonchev–Trinajstić information content (AvgIpc) is 2.38. The molecule has 0 bridgehead atoms. The number of likely N-dealkylation sites (N-methyl/N-ethyl adjacent to an activating group) is 1. The number of nitrogens with one attached hydrogen (secondary N) is 1. The Bertz CT molecular complexity index is 423. The van der Waals surface area contributed by atoms with Crippen LogP contribution < -0.4 is 5.32 Å². The number of rotatable bonds is 11. The number of aliphatic carboxylic acids is 3. The number of hydrogen-bond donors (Lipinski definition) is 4. The first-order chi connectivity index (χ1) is 10.1. The van der Waals surface area contributed by atoms with Gasteiger partial charge in [0, 0.05) is 6.42 Å². The van der Waals surface area contributed by atoms with Gasteiger partial charge < -0.3 is 20.6 Å². The molecule has 0 aromatic heterocycles. The van der Waals surface area contributed by atoms with Crippen LogP contribution in [-0.4, -0.2) is 70.2 Å². The van der Waals surface area contributed by atoms with E-state index in [1.807, 2.05) is 0 Å². The first-order valence-electron chi connectivity index (χ1n) is 6.78. The van der Waals surface area contributed by atoms with Crippen LogP contribution >= 0.6 is 0 Å². The van der Waals surface area contributed by atoms with Crippen LogP contribution in [0.15, 0.2) is 0 Å². The second kappa shape index (κ2) is 9.72. The predicted octanol–water partition coefficient (Wildman–Crippen LogP) is -0.394. The Hall–Kier alpha value is -2.16. The molecule has 1 amide bonds. The molecule has 0 saturated heterocycles. The summed E-state index contributed by atoms with van der Waals surface area (Å²) in [6.07, 6.45) is -0.0529. The van der Waals surface area contributed by atoms with Crippen LogP contribution in [0.3, 0.4) is 0 Å². The van der Waals surface area contributed by atoms with Crippen LogP contribution in [0.5, 0.6) is 0 Å². The summed E-state index contributed by atoms with van der Waals surface area (Å²) in [5.41, 5.74) is 0. The van der Waals surface area contributed by atoms with Gasteiger partial charge in [-0.05, 0) is 33.4 Å². The first-order valence-corrected chi connectivity index (χ1v) is 6.78. The Labute approximate surface area is 127 Å². The molecule has 0 heterocycles. The predicted molar refractivity (Wildman–Crippen MR) is 75.4 cm³/mol. The number of carboxylic acid groups (broad SMARTS) is 3. The minimum absolute atomic E-state index is 0.0752. The van der Waals surface area contributed by atoms with E-state index in [4.69, 9.17) is 15.3 Å². The van der Waals surface area contributed by atoms with Crippen molar-refractivity contribution in [2.75, 3.05) is 14.1 Å².